The van der Waals surface area contributed by atoms with Crippen molar-refractivity contribution in [1.82, 2.24) is 9.47 Å². The van der Waals surface area contributed by atoms with Crippen molar-refractivity contribution in [1.29, 1.82) is 0 Å². The minimum atomic E-state index is 1.06. The van der Waals surface area contributed by atoms with Gasteiger partial charge in [0.05, 0.1) is 0 Å². The normalized spacial score (nSPS) is 15.0. The molecular formula is C20H21BrN2. The zero-order chi connectivity index (χ0) is 15.8. The van der Waals surface area contributed by atoms with E-state index in [2.05, 4.69) is 81.0 Å². The second-order valence-corrected chi connectivity index (χ2v) is 7.38. The van der Waals surface area contributed by atoms with Gasteiger partial charge >= 0.3 is 0 Å². The average molecular weight is 369 g/mol. The maximum atomic E-state index is 3.64. The van der Waals surface area contributed by atoms with Crippen LogP contribution in [-0.4, -0.2) is 23.1 Å². The van der Waals surface area contributed by atoms with E-state index in [4.69, 9.17) is 0 Å². The first-order valence-corrected chi connectivity index (χ1v) is 9.03. The maximum absolute atomic E-state index is 3.64. The number of rotatable bonds is 3. The predicted octanol–water partition coefficient (Wildman–Crippen LogP) is 4.63. The molecule has 0 N–H and O–H groups in total. The van der Waals surface area contributed by atoms with Gasteiger partial charge in [-0.25, -0.2) is 0 Å². The number of fused-ring (bicyclic) bond motifs is 3. The van der Waals surface area contributed by atoms with Gasteiger partial charge in [0.1, 0.15) is 0 Å². The second-order valence-electron chi connectivity index (χ2n) is 6.46. The van der Waals surface area contributed by atoms with Crippen LogP contribution in [0.1, 0.15) is 16.8 Å². The summed E-state index contributed by atoms with van der Waals surface area (Å²) < 4.78 is 3.72. The third-order valence-electron chi connectivity index (χ3n) is 4.87. The van der Waals surface area contributed by atoms with Crippen molar-refractivity contribution in [2.75, 3.05) is 13.6 Å². The van der Waals surface area contributed by atoms with Crippen molar-refractivity contribution >= 4 is 26.8 Å². The van der Waals surface area contributed by atoms with E-state index in [0.717, 1.165) is 32.5 Å². The molecule has 4 rings (SSSR count). The molecule has 2 nitrogen and oxygen atoms in total. The quantitative estimate of drug-likeness (QED) is 0.653. The van der Waals surface area contributed by atoms with Crippen LogP contribution in [0.25, 0.3) is 10.9 Å². The minimum absolute atomic E-state index is 1.06. The number of aryl methyl sites for hydroxylation is 2. The zero-order valence-electron chi connectivity index (χ0n) is 13.4. The number of hydrogen-bond donors (Lipinski definition) is 0. The Hall–Kier alpha value is -1.58. The van der Waals surface area contributed by atoms with Crippen molar-refractivity contribution in [3.05, 3.63) is 69.8 Å². The molecule has 2 aromatic carbocycles. The summed E-state index contributed by atoms with van der Waals surface area (Å²) in [6, 6.07) is 17.5. The van der Waals surface area contributed by atoms with Crippen LogP contribution in [0.3, 0.4) is 0 Å². The van der Waals surface area contributed by atoms with Crippen LogP contribution in [-0.2, 0) is 25.9 Å². The van der Waals surface area contributed by atoms with Crippen LogP contribution in [0.15, 0.2) is 53.0 Å². The molecule has 0 radical (unpaired) electrons. The molecule has 1 aliphatic heterocycles. The van der Waals surface area contributed by atoms with Crippen LogP contribution in [0.2, 0.25) is 0 Å². The molecule has 0 atom stereocenters. The third-order valence-corrected chi connectivity index (χ3v) is 5.37. The predicted molar refractivity (Wildman–Crippen MR) is 99.8 cm³/mol. The molecule has 23 heavy (non-hydrogen) atoms. The van der Waals surface area contributed by atoms with Gasteiger partial charge in [0, 0.05) is 47.1 Å². The first-order valence-electron chi connectivity index (χ1n) is 8.24. The first-order chi connectivity index (χ1) is 11.2. The van der Waals surface area contributed by atoms with E-state index in [1.54, 1.807) is 0 Å². The summed E-state index contributed by atoms with van der Waals surface area (Å²) in [7, 11) is 2.22. The van der Waals surface area contributed by atoms with Gasteiger partial charge in [-0.05, 0) is 42.8 Å². The molecule has 0 amide bonds. The fourth-order valence-electron chi connectivity index (χ4n) is 3.70. The van der Waals surface area contributed by atoms with E-state index in [1.165, 1.54) is 32.2 Å². The van der Waals surface area contributed by atoms with Crippen LogP contribution >= 0.6 is 15.9 Å². The molecule has 0 spiro atoms. The third kappa shape index (κ3) is 2.84. The van der Waals surface area contributed by atoms with Crippen molar-refractivity contribution in [2.45, 2.75) is 25.9 Å². The summed E-state index contributed by atoms with van der Waals surface area (Å²) in [5.41, 5.74) is 5.84. The smallest absolute Gasteiger partial charge is 0.0486 e. The molecule has 3 heteroatoms. The number of likely N-dealkylation sites (N-methyl/N-ethyl adjacent to an activating group) is 1. The van der Waals surface area contributed by atoms with E-state index < -0.39 is 0 Å². The highest BCUT2D eigenvalue weighted by Gasteiger charge is 2.22. The molecule has 2 heterocycles. The Bertz CT molecular complexity index is 836. The largest absolute Gasteiger partial charge is 0.344 e. The lowest BCUT2D eigenvalue weighted by atomic mass is 10.1. The summed E-state index contributed by atoms with van der Waals surface area (Å²) in [6.07, 6.45) is 2.23. The Labute approximate surface area is 145 Å². The van der Waals surface area contributed by atoms with Gasteiger partial charge in [0.2, 0.25) is 0 Å². The van der Waals surface area contributed by atoms with Gasteiger partial charge in [-0.2, -0.15) is 0 Å². The summed E-state index contributed by atoms with van der Waals surface area (Å²) in [5, 5.41) is 1.41. The van der Waals surface area contributed by atoms with E-state index in [-0.39, 0.29) is 0 Å². The average Bonchev–Trinajstić information content (AvgIpc) is 2.86. The first kappa shape index (κ1) is 15.0. The highest BCUT2D eigenvalue weighted by molar-refractivity contribution is 9.10. The molecule has 1 aromatic heterocycles. The molecular weight excluding hydrogens is 348 g/mol. The molecule has 0 aliphatic carbocycles. The SMILES string of the molecule is CN1CCc2c(c3cc(Br)ccc3n2CCc2ccccc2)C1. The topological polar surface area (TPSA) is 8.17 Å². The van der Waals surface area contributed by atoms with Gasteiger partial charge in [-0.3, -0.25) is 0 Å². The molecule has 0 saturated carbocycles. The van der Waals surface area contributed by atoms with Gasteiger partial charge < -0.3 is 9.47 Å². The van der Waals surface area contributed by atoms with Crippen LogP contribution in [0.5, 0.6) is 0 Å². The number of halogens is 1. The fraction of sp³-hybridized carbons (Fsp3) is 0.300. The van der Waals surface area contributed by atoms with E-state index in [1.807, 2.05) is 0 Å². The lowest BCUT2D eigenvalue weighted by Crippen LogP contribution is -2.27. The van der Waals surface area contributed by atoms with Crippen molar-refractivity contribution in [2.24, 2.45) is 0 Å². The number of nitrogens with zero attached hydrogens (tertiary/aromatic N) is 2. The fourth-order valence-corrected chi connectivity index (χ4v) is 4.06. The Morgan fingerprint density at radius 1 is 1.09 bits per heavy atom. The monoisotopic (exact) mass is 368 g/mol. The minimum Gasteiger partial charge on any atom is -0.344 e. The highest BCUT2D eigenvalue weighted by atomic mass is 79.9. The number of aromatic nitrogens is 1. The molecule has 1 aliphatic rings. The highest BCUT2D eigenvalue weighted by Crippen LogP contribution is 2.32. The lowest BCUT2D eigenvalue weighted by molar-refractivity contribution is 0.309. The Balaban J connectivity index is 1.76. The summed E-state index contributed by atoms with van der Waals surface area (Å²) in [6.45, 7) is 3.26. The summed E-state index contributed by atoms with van der Waals surface area (Å²) in [4.78, 5) is 2.42. The maximum Gasteiger partial charge on any atom is 0.0486 e. The van der Waals surface area contributed by atoms with Crippen molar-refractivity contribution < 1.29 is 0 Å². The van der Waals surface area contributed by atoms with Crippen LogP contribution in [0.4, 0.5) is 0 Å². The summed E-state index contributed by atoms with van der Waals surface area (Å²) >= 11 is 3.64. The second kappa shape index (κ2) is 6.14. The van der Waals surface area contributed by atoms with E-state index in [0.29, 0.717) is 0 Å². The van der Waals surface area contributed by atoms with Crippen LogP contribution in [0, 0.1) is 0 Å². The Morgan fingerprint density at radius 2 is 1.91 bits per heavy atom. The Kier molecular flexibility index (Phi) is 4.00. The zero-order valence-corrected chi connectivity index (χ0v) is 15.0. The molecule has 0 saturated heterocycles. The van der Waals surface area contributed by atoms with Gasteiger partial charge in [0.25, 0.3) is 0 Å². The van der Waals surface area contributed by atoms with Crippen LogP contribution < -0.4 is 0 Å². The molecule has 0 unspecified atom stereocenters. The van der Waals surface area contributed by atoms with Crippen molar-refractivity contribution in [3.63, 3.8) is 0 Å². The molecule has 118 valence electrons. The van der Waals surface area contributed by atoms with Gasteiger partial charge in [-0.15, -0.1) is 0 Å². The standard InChI is InChI=1S/C20H21BrN2/c1-22-11-10-20-18(14-22)17-13-16(21)7-8-19(17)23(20)12-9-15-5-3-2-4-6-15/h2-8,13H,9-12,14H2,1H3. The molecule has 0 bridgehead atoms. The van der Waals surface area contributed by atoms with E-state index in [9.17, 15) is 0 Å². The van der Waals surface area contributed by atoms with Gasteiger partial charge in [-0.1, -0.05) is 46.3 Å². The number of benzene rings is 2. The lowest BCUT2D eigenvalue weighted by Gasteiger charge is -2.24. The summed E-state index contributed by atoms with van der Waals surface area (Å²) in [5.74, 6) is 0. The number of hydrogen-bond acceptors (Lipinski definition) is 1. The Morgan fingerprint density at radius 3 is 2.74 bits per heavy atom. The van der Waals surface area contributed by atoms with Gasteiger partial charge in [0.15, 0.2) is 0 Å². The van der Waals surface area contributed by atoms with Crippen molar-refractivity contribution in [3.8, 4) is 0 Å². The molecule has 0 fully saturated rings. The molecule has 3 aromatic rings. The van der Waals surface area contributed by atoms with E-state index >= 15 is 0 Å².